The normalized spacial score (nSPS) is 14.1. The number of ether oxygens (including phenoxy) is 1. The summed E-state index contributed by atoms with van der Waals surface area (Å²) in [5, 5.41) is 2.11. The molecular weight excluding hydrogens is 1010 g/mol. The molecule has 0 N–H and O–H groups in total. The molecule has 404 valence electrons. The van der Waals surface area contributed by atoms with Gasteiger partial charge in [-0.15, -0.1) is 0 Å². The highest BCUT2D eigenvalue weighted by atomic mass is 16.5. The van der Waals surface area contributed by atoms with E-state index in [4.69, 9.17) is 17.9 Å². The van der Waals surface area contributed by atoms with Crippen LogP contribution in [-0.2, 0) is 16.2 Å². The topological polar surface area (TPSA) is 35.9 Å². The summed E-state index contributed by atoms with van der Waals surface area (Å²) in [7, 11) is 0. The molecule has 0 fully saturated rings. The standard InChI is InChI=1S/C78H66N4O/c1-76(2,3)54-39-40-79-72(46-54)82-69-36-19-18-31-64(69)65-38-37-59(48-70(65)82)83-58-28-20-27-57(47-58)80-49-81-74-61(53-41-55(77(4,5)6)45-56(42-53)78(7,8)9)33-22-35-67(74)73-60(51-25-14-11-15-26-51)32-21-34-66(73)62-29-16-17-30-63(62)68-43-52(44-71(80)75(68)81)50-23-12-10-13-24-50/h10-48H,1-9H3/i10D,11D,12D,13D,14D,15D,23D,24D,25D,26D. The van der Waals surface area contributed by atoms with Crippen LogP contribution < -0.4 is 9.30 Å². The second kappa shape index (κ2) is 19.6. The van der Waals surface area contributed by atoms with E-state index in [9.17, 15) is 5.48 Å². The molecule has 13 aromatic rings. The van der Waals surface area contributed by atoms with Crippen LogP contribution in [0.25, 0.3) is 117 Å². The first kappa shape index (κ1) is 41.4. The molecule has 14 rings (SSSR count). The van der Waals surface area contributed by atoms with Crippen LogP contribution in [0.2, 0.25) is 0 Å². The summed E-state index contributed by atoms with van der Waals surface area (Å²) in [5.74, 6) is 1.87. The zero-order chi connectivity index (χ0) is 65.6. The maximum Gasteiger partial charge on any atom is 0.269 e. The lowest BCUT2D eigenvalue weighted by Crippen LogP contribution is -2.32. The molecule has 1 aliphatic rings. The Labute approximate surface area is 501 Å². The molecule has 1 aliphatic heterocycles. The summed E-state index contributed by atoms with van der Waals surface area (Å²) in [6, 6.07) is 52.2. The minimum absolute atomic E-state index is 0.0136. The van der Waals surface area contributed by atoms with Crippen molar-refractivity contribution in [3.05, 3.63) is 259 Å². The van der Waals surface area contributed by atoms with E-state index in [0.29, 0.717) is 72.9 Å². The van der Waals surface area contributed by atoms with Crippen molar-refractivity contribution in [1.29, 1.82) is 0 Å². The first-order valence-electron chi connectivity index (χ1n) is 33.2. The Morgan fingerprint density at radius 1 is 0.434 bits per heavy atom. The third-order valence-electron chi connectivity index (χ3n) is 16.2. The minimum Gasteiger partial charge on any atom is -0.458 e. The largest absolute Gasteiger partial charge is 0.458 e. The van der Waals surface area contributed by atoms with Crippen LogP contribution >= 0.6 is 0 Å². The fourth-order valence-electron chi connectivity index (χ4n) is 11.9. The van der Waals surface area contributed by atoms with Gasteiger partial charge in [-0.25, -0.2) is 4.98 Å². The molecule has 4 heterocycles. The molecule has 0 saturated carbocycles. The number of benzene rings is 10. The number of rotatable bonds is 7. The van der Waals surface area contributed by atoms with Gasteiger partial charge in [0.25, 0.3) is 6.33 Å². The number of nitrogens with zero attached hydrogens (tertiary/aromatic N) is 4. The second-order valence-electron chi connectivity index (χ2n) is 24.7. The lowest BCUT2D eigenvalue weighted by Gasteiger charge is -2.27. The summed E-state index contributed by atoms with van der Waals surface area (Å²) in [6.45, 7) is 19.8. The molecule has 5 nitrogen and oxygen atoms in total. The number of pyridine rings is 1. The van der Waals surface area contributed by atoms with Gasteiger partial charge >= 0.3 is 0 Å². The van der Waals surface area contributed by atoms with Crippen LogP contribution in [0.15, 0.2) is 236 Å². The van der Waals surface area contributed by atoms with Crippen molar-refractivity contribution in [3.63, 3.8) is 0 Å². The molecule has 5 heteroatoms. The molecule has 83 heavy (non-hydrogen) atoms. The van der Waals surface area contributed by atoms with Crippen LogP contribution in [0.4, 0.5) is 0 Å². The van der Waals surface area contributed by atoms with E-state index in [1.165, 1.54) is 0 Å². The molecular formula is C78H66N4O. The van der Waals surface area contributed by atoms with Crippen LogP contribution in [0.1, 0.15) is 92.7 Å². The Morgan fingerprint density at radius 2 is 1.04 bits per heavy atom. The van der Waals surface area contributed by atoms with Gasteiger partial charge in [-0.3, -0.25) is 13.7 Å². The fraction of sp³-hybridized carbons (Fsp3) is 0.154. The highest BCUT2D eigenvalue weighted by Gasteiger charge is 2.30. The number of fused-ring (bicyclic) bond motifs is 10. The van der Waals surface area contributed by atoms with E-state index in [-0.39, 0.29) is 51.5 Å². The number of para-hydroxylation sites is 2. The monoisotopic (exact) mass is 1080 g/mol. The van der Waals surface area contributed by atoms with E-state index in [1.54, 1.807) is 0 Å². The summed E-state index contributed by atoms with van der Waals surface area (Å²) < 4.78 is 104. The third kappa shape index (κ3) is 9.03. The van der Waals surface area contributed by atoms with E-state index in [1.807, 2.05) is 126 Å². The number of aromatic nitrogens is 4. The third-order valence-corrected chi connectivity index (χ3v) is 16.2. The smallest absolute Gasteiger partial charge is 0.269 e. The average molecular weight is 1090 g/mol. The maximum atomic E-state index is 9.53. The Bertz CT molecular complexity index is 5240. The highest BCUT2D eigenvalue weighted by Crippen LogP contribution is 2.50. The zero-order valence-corrected chi connectivity index (χ0v) is 47.9. The van der Waals surface area contributed by atoms with Gasteiger partial charge in [-0.05, 0) is 154 Å². The Kier molecular flexibility index (Phi) is 9.76. The summed E-state index contributed by atoms with van der Waals surface area (Å²) in [4.78, 5) is 4.92. The number of hydrogen-bond donors (Lipinski definition) is 0. The van der Waals surface area contributed by atoms with Crippen LogP contribution in [-0.4, -0.2) is 14.1 Å². The lowest BCUT2D eigenvalue weighted by atomic mass is 9.78. The van der Waals surface area contributed by atoms with Gasteiger partial charge in [-0.1, -0.05) is 232 Å². The van der Waals surface area contributed by atoms with Crippen molar-refractivity contribution in [3.8, 4) is 95.5 Å². The molecule has 0 bridgehead atoms. The molecule has 0 amide bonds. The number of imidazole rings is 1. The van der Waals surface area contributed by atoms with E-state index >= 15 is 0 Å². The predicted molar refractivity (Wildman–Crippen MR) is 345 cm³/mol. The van der Waals surface area contributed by atoms with Gasteiger partial charge in [0.1, 0.15) is 17.3 Å². The first-order valence-corrected chi connectivity index (χ1v) is 28.2. The van der Waals surface area contributed by atoms with Crippen molar-refractivity contribution in [2.45, 2.75) is 78.6 Å². The summed E-state index contributed by atoms with van der Waals surface area (Å²) >= 11 is 0. The predicted octanol–water partition coefficient (Wildman–Crippen LogP) is 20.2. The molecule has 0 aliphatic carbocycles. The summed E-state index contributed by atoms with van der Waals surface area (Å²) in [6.07, 6.45) is 5.75. The Balaban J connectivity index is 1.09. The molecule has 0 radical (unpaired) electrons. The van der Waals surface area contributed by atoms with Crippen molar-refractivity contribution in [2.24, 2.45) is 0 Å². The minimum atomic E-state index is -0.509. The molecule has 0 saturated heterocycles. The second-order valence-corrected chi connectivity index (χ2v) is 24.7. The molecule has 10 aromatic carbocycles. The van der Waals surface area contributed by atoms with E-state index in [0.717, 1.165) is 61.0 Å². The molecule has 3 aromatic heterocycles. The molecule has 0 atom stereocenters. The van der Waals surface area contributed by atoms with E-state index in [2.05, 4.69) is 132 Å². The van der Waals surface area contributed by atoms with Crippen molar-refractivity contribution in [2.75, 3.05) is 0 Å². The van der Waals surface area contributed by atoms with Gasteiger partial charge in [0.2, 0.25) is 0 Å². The van der Waals surface area contributed by atoms with Crippen LogP contribution in [0, 0.1) is 6.33 Å². The summed E-state index contributed by atoms with van der Waals surface area (Å²) in [5.41, 5.74) is 13.7. The maximum absolute atomic E-state index is 9.53. The quantitative estimate of drug-likeness (QED) is 0.118. The van der Waals surface area contributed by atoms with Crippen LogP contribution in [0.5, 0.6) is 11.5 Å². The molecule has 0 spiro atoms. The van der Waals surface area contributed by atoms with E-state index < -0.39 is 36.3 Å². The Hall–Kier alpha value is -9.58. The first-order chi connectivity index (χ1) is 44.2. The highest BCUT2D eigenvalue weighted by molar-refractivity contribution is 6.10. The zero-order valence-electron chi connectivity index (χ0n) is 57.9. The van der Waals surface area contributed by atoms with Gasteiger partial charge in [0.05, 0.1) is 47.1 Å². The van der Waals surface area contributed by atoms with Gasteiger partial charge in [0.15, 0.2) is 0 Å². The fourth-order valence-corrected chi connectivity index (χ4v) is 11.9. The van der Waals surface area contributed by atoms with Crippen molar-refractivity contribution >= 4 is 32.8 Å². The average Bonchev–Trinajstić information content (AvgIpc) is 1.61. The van der Waals surface area contributed by atoms with Gasteiger partial charge in [0, 0.05) is 23.0 Å². The van der Waals surface area contributed by atoms with Crippen LogP contribution in [0.3, 0.4) is 0 Å². The SMILES string of the molecule is [2H]c1c([2H])c([2H])c(-c2cc3c4c(c2)n(-c2cccc(Oc5ccc6c7ccccc7n(-c7cc(C(C)(C)C)ccn7)c6c5)c2)[c-][n+]4-c2c(-c4cc(C(C)(C)C)cc(C(C)(C)C)c4)cccc2-c2c(cccc2-c2c([2H])c([2H])c([2H])c([2H])c2[2H])-c2ccccc2-3)c([2H])c1[2H]. The molecule has 0 unspecified atom stereocenters. The lowest BCUT2D eigenvalue weighted by molar-refractivity contribution is -0.570. The van der Waals surface area contributed by atoms with Gasteiger partial charge < -0.3 is 4.74 Å². The Morgan fingerprint density at radius 3 is 1.76 bits per heavy atom. The van der Waals surface area contributed by atoms with Crippen molar-refractivity contribution in [1.82, 2.24) is 14.1 Å². The number of hydrogen-bond acceptors (Lipinski definition) is 2. The van der Waals surface area contributed by atoms with Crippen molar-refractivity contribution < 1.29 is 23.0 Å². The van der Waals surface area contributed by atoms with Gasteiger partial charge in [-0.2, -0.15) is 0 Å².